The van der Waals surface area contributed by atoms with E-state index in [1.807, 2.05) is 0 Å². The van der Waals surface area contributed by atoms with E-state index in [0.29, 0.717) is 24.9 Å². The van der Waals surface area contributed by atoms with Gasteiger partial charge in [0.15, 0.2) is 0 Å². The van der Waals surface area contributed by atoms with Crippen molar-refractivity contribution in [1.29, 1.82) is 0 Å². The van der Waals surface area contributed by atoms with Gasteiger partial charge in [-0.25, -0.2) is 19.8 Å². The number of hydrogen-bond acceptors (Lipinski definition) is 7. The van der Waals surface area contributed by atoms with Crippen LogP contribution in [0.4, 0.5) is 18.0 Å². The van der Waals surface area contributed by atoms with Crippen LogP contribution in [0.5, 0.6) is 0 Å². The smallest absolute Gasteiger partial charge is 0.385 e. The molecular formula is C18H21F3N4O6. The van der Waals surface area contributed by atoms with Gasteiger partial charge in [0.25, 0.3) is 5.91 Å². The van der Waals surface area contributed by atoms with Gasteiger partial charge in [-0.05, 0) is 30.5 Å². The number of halogens is 3. The maximum absolute atomic E-state index is 12.1. The summed E-state index contributed by atoms with van der Waals surface area (Å²) in [4.78, 5) is 47.4. The van der Waals surface area contributed by atoms with E-state index in [-0.39, 0.29) is 13.1 Å². The number of urea groups is 1. The van der Waals surface area contributed by atoms with Crippen LogP contribution in [0.1, 0.15) is 28.8 Å². The molecule has 31 heavy (non-hydrogen) atoms. The molecule has 1 fully saturated rings. The molecule has 1 aromatic rings. The number of rotatable bonds is 5. The van der Waals surface area contributed by atoms with Crippen molar-refractivity contribution in [2.45, 2.75) is 31.7 Å². The Hall–Kier alpha value is -3.19. The molecule has 0 spiro atoms. The highest BCUT2D eigenvalue weighted by molar-refractivity contribution is 5.95. The fourth-order valence-electron chi connectivity index (χ4n) is 2.66. The largest absolute Gasteiger partial charge is 0.491 e. The lowest BCUT2D eigenvalue weighted by molar-refractivity contribution is -0.203. The van der Waals surface area contributed by atoms with E-state index in [1.54, 1.807) is 24.3 Å². The third-order valence-corrected chi connectivity index (χ3v) is 4.34. The molecule has 1 heterocycles. The molecule has 0 unspecified atom stereocenters. The van der Waals surface area contributed by atoms with Crippen molar-refractivity contribution in [3.63, 3.8) is 0 Å². The first-order valence-corrected chi connectivity index (χ1v) is 9.18. The van der Waals surface area contributed by atoms with Crippen LogP contribution >= 0.6 is 0 Å². The molecule has 0 aromatic heterocycles. The minimum Gasteiger partial charge on any atom is -0.385 e. The highest BCUT2D eigenvalue weighted by Crippen LogP contribution is 2.17. The van der Waals surface area contributed by atoms with Crippen LogP contribution in [0.2, 0.25) is 0 Å². The Morgan fingerprint density at radius 1 is 1.06 bits per heavy atom. The SMILES string of the molecule is NCc1ccc(C(=O)NNC(=O)N2CCC(OCC(=O)OC(=O)C(F)(F)F)CC2)cc1. The van der Waals surface area contributed by atoms with Gasteiger partial charge < -0.3 is 20.1 Å². The van der Waals surface area contributed by atoms with Crippen LogP contribution in [0.25, 0.3) is 0 Å². The first-order valence-electron chi connectivity index (χ1n) is 9.18. The summed E-state index contributed by atoms with van der Waals surface area (Å²) in [5.41, 5.74) is 11.2. The van der Waals surface area contributed by atoms with E-state index in [0.717, 1.165) is 5.56 Å². The van der Waals surface area contributed by atoms with Crippen molar-refractivity contribution in [3.05, 3.63) is 35.4 Å². The number of nitrogens with two attached hydrogens (primary N) is 1. The minimum atomic E-state index is -5.27. The number of alkyl halides is 3. The second-order valence-corrected chi connectivity index (χ2v) is 6.54. The number of nitrogens with one attached hydrogen (secondary N) is 2. The summed E-state index contributed by atoms with van der Waals surface area (Å²) in [5, 5.41) is 0. The molecular weight excluding hydrogens is 425 g/mol. The van der Waals surface area contributed by atoms with E-state index in [2.05, 4.69) is 15.6 Å². The number of carbonyl (C=O) groups is 4. The second kappa shape index (κ2) is 10.7. The van der Waals surface area contributed by atoms with Gasteiger partial charge in [-0.2, -0.15) is 13.2 Å². The number of carbonyl (C=O) groups excluding carboxylic acids is 4. The van der Waals surface area contributed by atoms with E-state index >= 15 is 0 Å². The van der Waals surface area contributed by atoms with Gasteiger partial charge in [0.2, 0.25) is 0 Å². The zero-order chi connectivity index (χ0) is 23.0. The quantitative estimate of drug-likeness (QED) is 0.342. The van der Waals surface area contributed by atoms with E-state index in [9.17, 15) is 32.3 Å². The van der Waals surface area contributed by atoms with Gasteiger partial charge in [0, 0.05) is 25.2 Å². The molecule has 1 aliphatic heterocycles. The number of hydrazine groups is 1. The molecule has 0 bridgehead atoms. The van der Waals surface area contributed by atoms with Crippen molar-refractivity contribution >= 4 is 23.9 Å². The molecule has 10 nitrogen and oxygen atoms in total. The molecule has 1 aliphatic rings. The highest BCUT2D eigenvalue weighted by Gasteiger charge is 2.42. The van der Waals surface area contributed by atoms with Crippen molar-refractivity contribution in [2.24, 2.45) is 5.73 Å². The fourth-order valence-corrected chi connectivity index (χ4v) is 2.66. The Balaban J connectivity index is 1.68. The number of nitrogens with zero attached hydrogens (tertiary/aromatic N) is 1. The van der Waals surface area contributed by atoms with Crippen LogP contribution in [0.3, 0.4) is 0 Å². The zero-order valence-corrected chi connectivity index (χ0v) is 16.2. The molecule has 0 aliphatic carbocycles. The third kappa shape index (κ3) is 7.53. The zero-order valence-electron chi connectivity index (χ0n) is 16.2. The van der Waals surface area contributed by atoms with Gasteiger partial charge in [-0.1, -0.05) is 12.1 Å². The second-order valence-electron chi connectivity index (χ2n) is 6.54. The van der Waals surface area contributed by atoms with Gasteiger partial charge in [-0.3, -0.25) is 10.2 Å². The molecule has 0 radical (unpaired) electrons. The Morgan fingerprint density at radius 3 is 2.23 bits per heavy atom. The molecule has 1 saturated heterocycles. The molecule has 0 atom stereocenters. The number of ether oxygens (including phenoxy) is 2. The predicted octanol–water partition coefficient (Wildman–Crippen LogP) is 0.613. The normalized spacial score (nSPS) is 14.6. The maximum Gasteiger partial charge on any atom is 0.491 e. The van der Waals surface area contributed by atoms with Crippen molar-refractivity contribution < 1.29 is 41.8 Å². The van der Waals surface area contributed by atoms with E-state index in [1.165, 1.54) is 4.90 Å². The van der Waals surface area contributed by atoms with Gasteiger partial charge in [-0.15, -0.1) is 0 Å². The van der Waals surface area contributed by atoms with Crippen LogP contribution in [-0.2, 0) is 25.6 Å². The Morgan fingerprint density at radius 2 is 1.68 bits per heavy atom. The maximum atomic E-state index is 12.1. The van der Waals surface area contributed by atoms with Crippen LogP contribution < -0.4 is 16.6 Å². The van der Waals surface area contributed by atoms with Crippen molar-refractivity contribution in [3.8, 4) is 0 Å². The number of esters is 2. The van der Waals surface area contributed by atoms with Crippen LogP contribution in [-0.4, -0.2) is 60.8 Å². The standard InChI is InChI=1S/C18H21F3N4O6/c19-18(20,21)16(28)31-14(26)10-30-13-5-7-25(8-6-13)17(29)24-23-15(27)12-3-1-11(9-22)2-4-12/h1-4,13H,5-10,22H2,(H,23,27)(H,24,29). The number of benzene rings is 1. The highest BCUT2D eigenvalue weighted by atomic mass is 19.4. The number of amides is 3. The summed E-state index contributed by atoms with van der Waals surface area (Å²) in [6, 6.07) is 5.97. The number of likely N-dealkylation sites (tertiary alicyclic amines) is 1. The first kappa shape index (κ1) is 24.1. The van der Waals surface area contributed by atoms with Gasteiger partial charge in [0.05, 0.1) is 6.10 Å². The number of piperidine rings is 1. The lowest BCUT2D eigenvalue weighted by Crippen LogP contribution is -2.51. The Kier molecular flexibility index (Phi) is 8.33. The lowest BCUT2D eigenvalue weighted by atomic mass is 10.1. The summed E-state index contributed by atoms with van der Waals surface area (Å²) < 4.78 is 44.8. The van der Waals surface area contributed by atoms with E-state index in [4.69, 9.17) is 10.5 Å². The van der Waals surface area contributed by atoms with Crippen LogP contribution in [0.15, 0.2) is 24.3 Å². The molecule has 2 rings (SSSR count). The predicted molar refractivity (Wildman–Crippen MR) is 98.0 cm³/mol. The minimum absolute atomic E-state index is 0.216. The average Bonchev–Trinajstić information content (AvgIpc) is 2.75. The summed E-state index contributed by atoms with van der Waals surface area (Å²) in [6.45, 7) is -0.0505. The Bertz CT molecular complexity index is 808. The van der Waals surface area contributed by atoms with Crippen LogP contribution in [0, 0.1) is 0 Å². The molecule has 3 amide bonds. The topological polar surface area (TPSA) is 140 Å². The molecule has 0 saturated carbocycles. The van der Waals surface area contributed by atoms with E-state index < -0.39 is 42.8 Å². The summed E-state index contributed by atoms with van der Waals surface area (Å²) in [5.74, 6) is -4.57. The molecule has 1 aromatic carbocycles. The molecule has 4 N–H and O–H groups in total. The Labute approximate surface area is 174 Å². The van der Waals surface area contributed by atoms with Crippen molar-refractivity contribution in [1.82, 2.24) is 15.8 Å². The molecule has 13 heteroatoms. The summed E-state index contributed by atoms with van der Waals surface area (Å²) in [6.07, 6.45) is -5.18. The van der Waals surface area contributed by atoms with Gasteiger partial charge >= 0.3 is 24.1 Å². The molecule has 170 valence electrons. The first-order chi connectivity index (χ1) is 14.6. The summed E-state index contributed by atoms with van der Waals surface area (Å²) >= 11 is 0. The number of hydrogen-bond donors (Lipinski definition) is 3. The van der Waals surface area contributed by atoms with Gasteiger partial charge in [0.1, 0.15) is 6.61 Å². The van der Waals surface area contributed by atoms with Crippen molar-refractivity contribution in [2.75, 3.05) is 19.7 Å². The average molecular weight is 446 g/mol. The monoisotopic (exact) mass is 446 g/mol. The fraction of sp³-hybridized carbons (Fsp3) is 0.444. The summed E-state index contributed by atoms with van der Waals surface area (Å²) in [7, 11) is 0. The third-order valence-electron chi connectivity index (χ3n) is 4.34. The lowest BCUT2D eigenvalue weighted by Gasteiger charge is -2.31.